The topological polar surface area (TPSA) is 69.7 Å². The van der Waals surface area contributed by atoms with E-state index in [2.05, 4.69) is 10.3 Å². The maximum Gasteiger partial charge on any atom is 0.253 e. The fourth-order valence-electron chi connectivity index (χ4n) is 3.12. The molecule has 1 heterocycles. The van der Waals surface area contributed by atoms with Crippen molar-refractivity contribution >= 4 is 16.8 Å². The lowest BCUT2D eigenvalue weighted by Crippen LogP contribution is -2.24. The van der Waals surface area contributed by atoms with Gasteiger partial charge in [0.15, 0.2) is 0 Å². The van der Waals surface area contributed by atoms with Gasteiger partial charge in [0.1, 0.15) is 17.2 Å². The average molecular weight is 380 g/mol. The molecular weight excluding hydrogens is 356 g/mol. The molecule has 0 radical (unpaired) electrons. The number of hydrogen-bond acceptors (Lipinski definition) is 5. The monoisotopic (exact) mass is 380 g/mol. The molecule has 0 bridgehead atoms. The minimum atomic E-state index is -0.201. The molecule has 0 aliphatic rings. The lowest BCUT2D eigenvalue weighted by Gasteiger charge is -2.16. The first-order chi connectivity index (χ1) is 13.5. The lowest BCUT2D eigenvalue weighted by molar-refractivity contribution is 0.0949. The minimum absolute atomic E-state index is 0.201. The maximum absolute atomic E-state index is 12.8. The highest BCUT2D eigenvalue weighted by molar-refractivity contribution is 5.98. The van der Waals surface area contributed by atoms with Gasteiger partial charge in [0, 0.05) is 17.5 Å². The lowest BCUT2D eigenvalue weighted by atomic mass is 10.1. The maximum atomic E-state index is 12.8. The molecule has 0 unspecified atom stereocenters. The second kappa shape index (κ2) is 8.17. The highest BCUT2D eigenvalue weighted by atomic mass is 16.5. The van der Waals surface area contributed by atoms with Gasteiger partial charge in [-0.1, -0.05) is 12.1 Å². The largest absolute Gasteiger partial charge is 0.496 e. The van der Waals surface area contributed by atoms with Crippen LogP contribution in [0.2, 0.25) is 0 Å². The van der Waals surface area contributed by atoms with Crippen LogP contribution >= 0.6 is 0 Å². The van der Waals surface area contributed by atoms with E-state index in [-0.39, 0.29) is 12.5 Å². The van der Waals surface area contributed by atoms with Crippen molar-refractivity contribution in [2.24, 2.45) is 0 Å². The van der Waals surface area contributed by atoms with Crippen molar-refractivity contribution < 1.29 is 19.0 Å². The van der Waals surface area contributed by atoms with E-state index in [1.54, 1.807) is 33.5 Å². The summed E-state index contributed by atoms with van der Waals surface area (Å²) in [5.74, 6) is 1.58. The van der Waals surface area contributed by atoms with Crippen LogP contribution in [0, 0.1) is 13.8 Å². The predicted molar refractivity (Wildman–Crippen MR) is 108 cm³/mol. The standard InChI is InChI=1S/C22H24N2O4/c1-13-6-7-15-9-17(14(2)24-19(15)8-13)22(25)23-12-18-20(27-4)10-16(26-3)11-21(18)28-5/h6-11H,12H2,1-5H3,(H,23,25). The summed E-state index contributed by atoms with van der Waals surface area (Å²) in [6.45, 7) is 4.11. The van der Waals surface area contributed by atoms with Crippen molar-refractivity contribution in [1.82, 2.24) is 10.3 Å². The Bertz CT molecular complexity index is 1010. The van der Waals surface area contributed by atoms with Crippen LogP contribution in [0.4, 0.5) is 0 Å². The molecule has 6 nitrogen and oxygen atoms in total. The molecule has 6 heteroatoms. The molecule has 0 spiro atoms. The first kappa shape index (κ1) is 19.5. The Morgan fingerprint density at radius 3 is 2.25 bits per heavy atom. The number of amides is 1. The molecular formula is C22H24N2O4. The van der Waals surface area contributed by atoms with E-state index in [4.69, 9.17) is 14.2 Å². The van der Waals surface area contributed by atoms with Crippen LogP contribution in [0.1, 0.15) is 27.2 Å². The number of benzene rings is 2. The fourth-order valence-corrected chi connectivity index (χ4v) is 3.12. The van der Waals surface area contributed by atoms with Crippen LogP contribution in [-0.4, -0.2) is 32.2 Å². The number of ether oxygens (including phenoxy) is 3. The number of aromatic nitrogens is 1. The number of fused-ring (bicyclic) bond motifs is 1. The van der Waals surface area contributed by atoms with Crippen molar-refractivity contribution in [3.05, 3.63) is 58.8 Å². The van der Waals surface area contributed by atoms with Gasteiger partial charge in [-0.05, 0) is 31.5 Å². The number of pyridine rings is 1. The second-order valence-corrected chi connectivity index (χ2v) is 6.51. The Kier molecular flexibility index (Phi) is 5.68. The van der Waals surface area contributed by atoms with Gasteiger partial charge >= 0.3 is 0 Å². The Morgan fingerprint density at radius 1 is 0.964 bits per heavy atom. The van der Waals surface area contributed by atoms with Crippen LogP contribution in [0.15, 0.2) is 36.4 Å². The summed E-state index contributed by atoms with van der Waals surface area (Å²) in [6.07, 6.45) is 0. The third kappa shape index (κ3) is 3.86. The third-order valence-electron chi connectivity index (χ3n) is 4.65. The summed E-state index contributed by atoms with van der Waals surface area (Å²) >= 11 is 0. The number of methoxy groups -OCH3 is 3. The van der Waals surface area contributed by atoms with Gasteiger partial charge in [0.2, 0.25) is 0 Å². The molecule has 0 atom stereocenters. The van der Waals surface area contributed by atoms with E-state index in [9.17, 15) is 4.79 Å². The van der Waals surface area contributed by atoms with Crippen LogP contribution in [0.5, 0.6) is 17.2 Å². The van der Waals surface area contributed by atoms with Gasteiger partial charge in [-0.15, -0.1) is 0 Å². The highest BCUT2D eigenvalue weighted by Gasteiger charge is 2.16. The summed E-state index contributed by atoms with van der Waals surface area (Å²) in [4.78, 5) is 17.4. The molecule has 3 rings (SSSR count). The molecule has 3 aromatic rings. The Labute approximate surface area is 164 Å². The fraction of sp³-hybridized carbons (Fsp3) is 0.273. The molecule has 0 aliphatic heterocycles. The molecule has 28 heavy (non-hydrogen) atoms. The van der Waals surface area contributed by atoms with E-state index < -0.39 is 0 Å². The molecule has 0 fully saturated rings. The molecule has 0 saturated carbocycles. The first-order valence-electron chi connectivity index (χ1n) is 8.92. The van der Waals surface area contributed by atoms with E-state index in [0.717, 1.165) is 22.0 Å². The van der Waals surface area contributed by atoms with Crippen molar-refractivity contribution in [2.45, 2.75) is 20.4 Å². The Morgan fingerprint density at radius 2 is 1.64 bits per heavy atom. The summed E-state index contributed by atoms with van der Waals surface area (Å²) in [6, 6.07) is 11.4. The van der Waals surface area contributed by atoms with Gasteiger partial charge in [0.05, 0.1) is 50.2 Å². The molecule has 1 aromatic heterocycles. The number of hydrogen-bond donors (Lipinski definition) is 1. The highest BCUT2D eigenvalue weighted by Crippen LogP contribution is 2.34. The average Bonchev–Trinajstić information content (AvgIpc) is 2.70. The first-order valence-corrected chi connectivity index (χ1v) is 8.92. The van der Waals surface area contributed by atoms with Crippen molar-refractivity contribution in [2.75, 3.05) is 21.3 Å². The van der Waals surface area contributed by atoms with E-state index in [0.29, 0.717) is 28.5 Å². The molecule has 1 amide bonds. The molecule has 146 valence electrons. The zero-order valence-electron chi connectivity index (χ0n) is 16.8. The van der Waals surface area contributed by atoms with Gasteiger partial charge in [-0.2, -0.15) is 0 Å². The number of carbonyl (C=O) groups is 1. The number of rotatable bonds is 6. The van der Waals surface area contributed by atoms with Gasteiger partial charge in [-0.25, -0.2) is 0 Å². The number of nitrogens with one attached hydrogen (secondary N) is 1. The number of aryl methyl sites for hydroxylation is 2. The minimum Gasteiger partial charge on any atom is -0.496 e. The quantitative estimate of drug-likeness (QED) is 0.704. The molecule has 1 N–H and O–H groups in total. The molecule has 2 aromatic carbocycles. The predicted octanol–water partition coefficient (Wildman–Crippen LogP) is 3.81. The summed E-state index contributed by atoms with van der Waals surface area (Å²) in [7, 11) is 4.71. The summed E-state index contributed by atoms with van der Waals surface area (Å²) < 4.78 is 16.1. The zero-order chi connectivity index (χ0) is 20.3. The SMILES string of the molecule is COc1cc(OC)c(CNC(=O)c2cc3ccc(C)cc3nc2C)c(OC)c1. The smallest absolute Gasteiger partial charge is 0.253 e. The van der Waals surface area contributed by atoms with Crippen LogP contribution in [0.25, 0.3) is 10.9 Å². The van der Waals surface area contributed by atoms with Crippen LogP contribution < -0.4 is 19.5 Å². The molecule has 0 saturated heterocycles. The van der Waals surface area contributed by atoms with E-state index >= 15 is 0 Å². The molecule has 0 aliphatic carbocycles. The Hall–Kier alpha value is -3.28. The van der Waals surface area contributed by atoms with Crippen LogP contribution in [-0.2, 0) is 6.54 Å². The number of carbonyl (C=O) groups excluding carboxylic acids is 1. The summed E-state index contributed by atoms with van der Waals surface area (Å²) in [5.41, 5.74) is 3.98. The summed E-state index contributed by atoms with van der Waals surface area (Å²) in [5, 5.41) is 3.87. The van der Waals surface area contributed by atoms with Crippen molar-refractivity contribution in [3.63, 3.8) is 0 Å². The number of nitrogens with zero attached hydrogens (tertiary/aromatic N) is 1. The van der Waals surface area contributed by atoms with E-state index in [1.807, 2.05) is 38.1 Å². The van der Waals surface area contributed by atoms with Gasteiger partial charge < -0.3 is 19.5 Å². The van der Waals surface area contributed by atoms with Gasteiger partial charge in [0.25, 0.3) is 5.91 Å². The van der Waals surface area contributed by atoms with Crippen molar-refractivity contribution in [1.29, 1.82) is 0 Å². The van der Waals surface area contributed by atoms with Gasteiger partial charge in [-0.3, -0.25) is 9.78 Å². The second-order valence-electron chi connectivity index (χ2n) is 6.51. The Balaban J connectivity index is 1.87. The normalized spacial score (nSPS) is 10.6. The van der Waals surface area contributed by atoms with Crippen molar-refractivity contribution in [3.8, 4) is 17.2 Å². The third-order valence-corrected chi connectivity index (χ3v) is 4.65. The van der Waals surface area contributed by atoms with E-state index in [1.165, 1.54) is 0 Å². The van der Waals surface area contributed by atoms with Crippen LogP contribution in [0.3, 0.4) is 0 Å². The zero-order valence-corrected chi connectivity index (χ0v) is 16.8.